The van der Waals surface area contributed by atoms with Gasteiger partial charge in [0.1, 0.15) is 48.8 Å². The van der Waals surface area contributed by atoms with Crippen LogP contribution in [0.4, 0.5) is 0 Å². The summed E-state index contributed by atoms with van der Waals surface area (Å²) in [6, 6.07) is 0. The van der Waals surface area contributed by atoms with Gasteiger partial charge < -0.3 is 70.0 Å². The Bertz CT molecular complexity index is 1540. The molecule has 6 fully saturated rings. The summed E-state index contributed by atoms with van der Waals surface area (Å²) in [5.41, 5.74) is -3.17. The topological polar surface area (TPSA) is 256 Å². The first-order valence-electron chi connectivity index (χ1n) is 21.0. The third kappa shape index (κ3) is 6.35. The van der Waals surface area contributed by atoms with Crippen molar-refractivity contribution < 1.29 is 74.8 Å². The van der Waals surface area contributed by atoms with E-state index in [1.54, 1.807) is 0 Å². The van der Waals surface area contributed by atoms with E-state index in [9.17, 15) is 55.9 Å². The number of allylic oxidation sites excluding steroid dienone is 2. The summed E-state index contributed by atoms with van der Waals surface area (Å²) in [4.78, 5) is 14.8. The van der Waals surface area contributed by atoms with Crippen LogP contribution >= 0.6 is 0 Å². The van der Waals surface area contributed by atoms with Crippen molar-refractivity contribution >= 4 is 5.97 Å². The number of ether oxygens (including phenoxy) is 4. The van der Waals surface area contributed by atoms with Gasteiger partial charge in [-0.1, -0.05) is 60.6 Å². The van der Waals surface area contributed by atoms with E-state index >= 15 is 0 Å². The second-order valence-corrected chi connectivity index (χ2v) is 20.9. The van der Waals surface area contributed by atoms with E-state index in [1.165, 1.54) is 0 Å². The summed E-state index contributed by atoms with van der Waals surface area (Å²) in [5, 5.41) is 108. The highest BCUT2D eigenvalue weighted by Crippen LogP contribution is 2.75. The van der Waals surface area contributed by atoms with Gasteiger partial charge in [-0.05, 0) is 89.8 Å². The molecule has 2 aliphatic heterocycles. The van der Waals surface area contributed by atoms with Crippen molar-refractivity contribution in [2.45, 2.75) is 173 Å². The minimum atomic E-state index is -1.85. The lowest BCUT2D eigenvalue weighted by molar-refractivity contribution is -0.329. The molecule has 326 valence electrons. The quantitative estimate of drug-likeness (QED) is 0.126. The number of carbonyl (C=O) groups is 1. The second kappa shape index (κ2) is 14.7. The number of aliphatic hydroxyl groups excluding tert-OH is 10. The molecule has 0 amide bonds. The van der Waals surface area contributed by atoms with Gasteiger partial charge in [-0.15, -0.1) is 0 Å². The Kier molecular flexibility index (Phi) is 11.3. The Labute approximate surface area is 335 Å². The average molecular weight is 813 g/mol. The molecule has 0 unspecified atom stereocenters. The van der Waals surface area contributed by atoms with Gasteiger partial charge in [0.15, 0.2) is 6.29 Å². The highest BCUT2D eigenvalue weighted by atomic mass is 16.7. The van der Waals surface area contributed by atoms with E-state index in [1.807, 2.05) is 13.8 Å². The lowest BCUT2D eigenvalue weighted by atomic mass is 9.32. The van der Waals surface area contributed by atoms with Crippen molar-refractivity contribution in [3.8, 4) is 0 Å². The fourth-order valence-electron chi connectivity index (χ4n) is 13.6. The summed E-state index contributed by atoms with van der Waals surface area (Å²) in [6.07, 6.45) is -10.4. The zero-order chi connectivity index (χ0) is 42.0. The maximum absolute atomic E-state index is 14.8. The minimum absolute atomic E-state index is 0.0699. The van der Waals surface area contributed by atoms with Gasteiger partial charge in [0.25, 0.3) is 0 Å². The van der Waals surface area contributed by atoms with Crippen LogP contribution in [0.15, 0.2) is 12.2 Å². The minimum Gasteiger partial charge on any atom is -0.432 e. The molecule has 7 aliphatic rings. The molecule has 0 aromatic carbocycles. The Morgan fingerprint density at radius 1 is 0.684 bits per heavy atom. The summed E-state index contributed by atoms with van der Waals surface area (Å²) in [7, 11) is 0. The molecular formula is C42H68O15. The molecular weight excluding hydrogens is 744 g/mol. The van der Waals surface area contributed by atoms with E-state index in [4.69, 9.17) is 18.9 Å². The Morgan fingerprint density at radius 2 is 1.28 bits per heavy atom. The third-order valence-electron chi connectivity index (χ3n) is 17.4. The van der Waals surface area contributed by atoms with Gasteiger partial charge >= 0.3 is 5.97 Å². The molecule has 0 aromatic heterocycles. The maximum Gasteiger partial charge on any atom is 0.314 e. The summed E-state index contributed by atoms with van der Waals surface area (Å²) in [6.45, 7) is 13.8. The zero-order valence-electron chi connectivity index (χ0n) is 34.3. The molecule has 7 rings (SSSR count). The zero-order valence-corrected chi connectivity index (χ0v) is 34.3. The molecule has 15 heteroatoms. The standard InChI is InChI=1S/C42H68O15/c1-37(2)12-14-42(36(53)57-35-31(50)29(48)27(46)22(56-35)18-54-34-30(49)28(47)26(45)21(17-43)55-34)15-13-40(6)19(25(42)33(37)52)8-9-24-39(5)16-20(44)32(51)38(3,4)23(39)10-11-41(24,40)7/h8-9,19-35,43-52H,10-18H2,1-7H3/t19-,20+,21+,22+,23+,24+,25-,26+,27+,28-,29-,30+,31+,32+,33-,34+,35-,39-,40+,41+,42-/m0/s1. The Hall–Kier alpha value is -1.31. The van der Waals surface area contributed by atoms with Crippen LogP contribution in [0.1, 0.15) is 93.4 Å². The maximum atomic E-state index is 14.8. The van der Waals surface area contributed by atoms with E-state index in [2.05, 4.69) is 46.8 Å². The molecule has 0 aromatic rings. The monoisotopic (exact) mass is 812 g/mol. The van der Waals surface area contributed by atoms with Crippen LogP contribution in [-0.4, -0.2) is 150 Å². The number of hydrogen-bond acceptors (Lipinski definition) is 15. The van der Waals surface area contributed by atoms with Crippen molar-refractivity contribution in [1.82, 2.24) is 0 Å². The predicted octanol–water partition coefficient (Wildman–Crippen LogP) is 0.114. The average Bonchev–Trinajstić information content (AvgIpc) is 3.15. The molecule has 21 atom stereocenters. The third-order valence-corrected chi connectivity index (χ3v) is 17.4. The highest BCUT2D eigenvalue weighted by Gasteiger charge is 2.72. The van der Waals surface area contributed by atoms with Gasteiger partial charge in [0, 0.05) is 5.92 Å². The van der Waals surface area contributed by atoms with Crippen molar-refractivity contribution in [3.05, 3.63) is 12.2 Å². The smallest absolute Gasteiger partial charge is 0.314 e. The first-order valence-corrected chi connectivity index (χ1v) is 21.0. The molecule has 0 bridgehead atoms. The van der Waals surface area contributed by atoms with Crippen molar-refractivity contribution in [3.63, 3.8) is 0 Å². The van der Waals surface area contributed by atoms with Gasteiger partial charge in [-0.3, -0.25) is 4.79 Å². The van der Waals surface area contributed by atoms with Crippen LogP contribution in [-0.2, 0) is 23.7 Å². The first-order chi connectivity index (χ1) is 26.4. The molecule has 2 saturated heterocycles. The van der Waals surface area contributed by atoms with E-state index < -0.39 is 121 Å². The number of aliphatic hydroxyl groups is 10. The van der Waals surface area contributed by atoms with Crippen molar-refractivity contribution in [2.24, 2.45) is 56.2 Å². The molecule has 10 N–H and O–H groups in total. The van der Waals surface area contributed by atoms with Crippen molar-refractivity contribution in [1.29, 1.82) is 0 Å². The van der Waals surface area contributed by atoms with Gasteiger partial charge in [-0.2, -0.15) is 0 Å². The number of carbonyl (C=O) groups excluding carboxylic acids is 1. The van der Waals surface area contributed by atoms with Crippen LogP contribution in [0.2, 0.25) is 0 Å². The molecule has 0 radical (unpaired) electrons. The lowest BCUT2D eigenvalue weighted by Crippen LogP contribution is -2.69. The van der Waals surface area contributed by atoms with E-state index in [0.717, 1.165) is 12.8 Å². The highest BCUT2D eigenvalue weighted by molar-refractivity contribution is 5.78. The number of fused-ring (bicyclic) bond motifs is 7. The molecule has 4 saturated carbocycles. The van der Waals surface area contributed by atoms with Crippen LogP contribution in [0.3, 0.4) is 0 Å². The van der Waals surface area contributed by atoms with Crippen LogP contribution in [0, 0.1) is 56.2 Å². The SMILES string of the molecule is CC1(C)CC[C@]2(C(=O)O[C@@H]3O[C@H](CO[C@@H]4O[C@H](CO)[C@@H](O)[C@H](O)[C@H]4O)[C@@H](O)[C@H](O)[C@H]3O)CC[C@]3(C)[C@@H](C=C[C@@H]4[C@@]5(C)C[C@@H](O)[C@@H](O)C(C)(C)[C@H]5CC[C@]43C)[C@H]2[C@@H]1O. The largest absolute Gasteiger partial charge is 0.432 e. The number of esters is 1. The molecule has 5 aliphatic carbocycles. The summed E-state index contributed by atoms with van der Waals surface area (Å²) in [5.74, 6) is -1.27. The fraction of sp³-hybridized carbons (Fsp3) is 0.929. The lowest BCUT2D eigenvalue weighted by Gasteiger charge is -2.72. The predicted molar refractivity (Wildman–Crippen MR) is 200 cm³/mol. The van der Waals surface area contributed by atoms with Crippen LogP contribution in [0.25, 0.3) is 0 Å². The van der Waals surface area contributed by atoms with Crippen molar-refractivity contribution in [2.75, 3.05) is 13.2 Å². The van der Waals surface area contributed by atoms with Gasteiger partial charge in [-0.25, -0.2) is 0 Å². The molecule has 0 spiro atoms. The first kappa shape index (κ1) is 43.8. The second-order valence-electron chi connectivity index (χ2n) is 20.9. The summed E-state index contributed by atoms with van der Waals surface area (Å²) >= 11 is 0. The normalized spacial score (nSPS) is 55.4. The van der Waals surface area contributed by atoms with Gasteiger partial charge in [0.2, 0.25) is 6.29 Å². The fourth-order valence-corrected chi connectivity index (χ4v) is 13.6. The van der Waals surface area contributed by atoms with E-state index in [0.29, 0.717) is 32.1 Å². The summed E-state index contributed by atoms with van der Waals surface area (Å²) < 4.78 is 22.9. The number of hydrogen-bond donors (Lipinski definition) is 10. The molecule has 2 heterocycles. The van der Waals surface area contributed by atoms with Crippen LogP contribution in [0.5, 0.6) is 0 Å². The van der Waals surface area contributed by atoms with Crippen LogP contribution < -0.4 is 0 Å². The number of rotatable bonds is 6. The molecule has 15 nitrogen and oxygen atoms in total. The molecule has 57 heavy (non-hydrogen) atoms. The van der Waals surface area contributed by atoms with Gasteiger partial charge in [0.05, 0.1) is 36.9 Å². The Balaban J connectivity index is 1.15. The Morgan fingerprint density at radius 3 is 1.93 bits per heavy atom. The van der Waals surface area contributed by atoms with E-state index in [-0.39, 0.29) is 34.0 Å².